The van der Waals surface area contributed by atoms with Gasteiger partial charge in [0.2, 0.25) is 12.6 Å². The monoisotopic (exact) mass is 291 g/mol. The number of hydrogen-bond donors (Lipinski definition) is 0. The summed E-state index contributed by atoms with van der Waals surface area (Å²) in [6, 6.07) is 8.93. The molecule has 0 saturated heterocycles. The maximum absolute atomic E-state index is 13.9. The predicted molar refractivity (Wildman–Crippen MR) is 70.0 cm³/mol. The topological polar surface area (TPSA) is 70.8 Å². The third-order valence-electron chi connectivity index (χ3n) is 2.99. The van der Waals surface area contributed by atoms with E-state index in [1.54, 1.807) is 18.2 Å². The molecule has 0 N–H and O–H groups in total. The molecule has 1 heterocycles. The molecule has 1 aliphatic heterocycles. The second-order valence-corrected chi connectivity index (χ2v) is 4.31. The summed E-state index contributed by atoms with van der Waals surface area (Å²) < 4.78 is 29.7. The number of halogens is 1. The van der Waals surface area contributed by atoms with Crippen molar-refractivity contribution in [2.45, 2.75) is 6.61 Å². The van der Waals surface area contributed by atoms with Gasteiger partial charge in [0.1, 0.15) is 12.4 Å². The summed E-state index contributed by atoms with van der Waals surface area (Å²) in [7, 11) is 0. The lowest BCUT2D eigenvalue weighted by Gasteiger charge is -2.08. The van der Waals surface area contributed by atoms with Gasteiger partial charge in [0.05, 0.1) is 4.92 Å². The molecule has 6 nitrogen and oxygen atoms in total. The number of rotatable bonds is 4. The Hall–Kier alpha value is -2.83. The maximum atomic E-state index is 13.9. The van der Waals surface area contributed by atoms with Crippen molar-refractivity contribution in [3.8, 4) is 17.2 Å². The Morgan fingerprint density at radius 1 is 1.24 bits per heavy atom. The molecule has 0 aliphatic carbocycles. The first-order chi connectivity index (χ1) is 10.1. The lowest BCUT2D eigenvalue weighted by atomic mass is 10.2. The average molecular weight is 291 g/mol. The van der Waals surface area contributed by atoms with E-state index in [2.05, 4.69) is 0 Å². The Labute approximate surface area is 118 Å². The molecule has 0 spiro atoms. The Morgan fingerprint density at radius 3 is 2.86 bits per heavy atom. The van der Waals surface area contributed by atoms with Gasteiger partial charge in [0.15, 0.2) is 11.5 Å². The molecular weight excluding hydrogens is 281 g/mol. The van der Waals surface area contributed by atoms with Crippen LogP contribution in [-0.4, -0.2) is 11.7 Å². The lowest BCUT2D eigenvalue weighted by Crippen LogP contribution is -2.01. The van der Waals surface area contributed by atoms with Gasteiger partial charge < -0.3 is 14.2 Å². The van der Waals surface area contributed by atoms with Crippen molar-refractivity contribution in [2.24, 2.45) is 0 Å². The molecule has 108 valence electrons. The zero-order valence-electron chi connectivity index (χ0n) is 10.7. The highest BCUT2D eigenvalue weighted by Gasteiger charge is 2.18. The second-order valence-electron chi connectivity index (χ2n) is 4.31. The van der Waals surface area contributed by atoms with Gasteiger partial charge in [-0.2, -0.15) is 4.39 Å². The van der Waals surface area contributed by atoms with Crippen LogP contribution < -0.4 is 14.2 Å². The number of nitro benzene ring substituents is 1. The van der Waals surface area contributed by atoms with Gasteiger partial charge in [-0.15, -0.1) is 0 Å². The Kier molecular flexibility index (Phi) is 3.31. The highest BCUT2D eigenvalue weighted by molar-refractivity contribution is 5.47. The lowest BCUT2D eigenvalue weighted by molar-refractivity contribution is -0.387. The van der Waals surface area contributed by atoms with Gasteiger partial charge in [-0.25, -0.2) is 0 Å². The van der Waals surface area contributed by atoms with Gasteiger partial charge in [0.25, 0.3) is 0 Å². The Bertz CT molecular complexity index is 704. The number of nitro groups is 1. The number of ether oxygens (including phenoxy) is 3. The number of benzene rings is 2. The van der Waals surface area contributed by atoms with Crippen LogP contribution in [0.4, 0.5) is 10.1 Å². The first kappa shape index (κ1) is 13.2. The largest absolute Gasteiger partial charge is 0.489 e. The van der Waals surface area contributed by atoms with Crippen molar-refractivity contribution in [1.82, 2.24) is 0 Å². The fraction of sp³-hybridized carbons (Fsp3) is 0.143. The molecule has 0 unspecified atom stereocenters. The van der Waals surface area contributed by atoms with Crippen LogP contribution in [-0.2, 0) is 6.61 Å². The second kappa shape index (κ2) is 5.28. The molecule has 0 amide bonds. The SMILES string of the molecule is O=[N+]([O-])c1cccc(COc2ccc3c(c2)OCO3)c1F. The predicted octanol–water partition coefficient (Wildman–Crippen LogP) is 3.04. The molecule has 3 rings (SSSR count). The van der Waals surface area contributed by atoms with Crippen LogP contribution in [0.1, 0.15) is 5.56 Å². The van der Waals surface area contributed by atoms with Crippen molar-refractivity contribution >= 4 is 5.69 Å². The van der Waals surface area contributed by atoms with Crippen LogP contribution in [0.5, 0.6) is 17.2 Å². The highest BCUT2D eigenvalue weighted by Crippen LogP contribution is 2.35. The molecule has 7 heteroatoms. The normalized spacial score (nSPS) is 12.2. The zero-order valence-corrected chi connectivity index (χ0v) is 10.7. The summed E-state index contributed by atoms with van der Waals surface area (Å²) in [5.74, 6) is 0.740. The molecule has 0 saturated carbocycles. The molecule has 0 atom stereocenters. The molecule has 0 aromatic heterocycles. The number of nitrogens with zero attached hydrogens (tertiary/aromatic N) is 1. The summed E-state index contributed by atoms with van der Waals surface area (Å²) >= 11 is 0. The van der Waals surface area contributed by atoms with Crippen molar-refractivity contribution in [1.29, 1.82) is 0 Å². The van der Waals surface area contributed by atoms with E-state index in [-0.39, 0.29) is 19.0 Å². The molecule has 21 heavy (non-hydrogen) atoms. The fourth-order valence-electron chi connectivity index (χ4n) is 1.95. The molecule has 0 radical (unpaired) electrons. The van der Waals surface area contributed by atoms with Crippen molar-refractivity contribution < 1.29 is 23.5 Å². The van der Waals surface area contributed by atoms with Gasteiger partial charge in [0, 0.05) is 17.7 Å². The first-order valence-corrected chi connectivity index (χ1v) is 6.09. The molecule has 1 aliphatic rings. The van der Waals surface area contributed by atoms with E-state index >= 15 is 0 Å². The molecule has 2 aromatic carbocycles. The van der Waals surface area contributed by atoms with Crippen LogP contribution in [0.25, 0.3) is 0 Å². The third kappa shape index (κ3) is 2.58. The minimum atomic E-state index is -0.886. The van der Waals surface area contributed by atoms with Crippen LogP contribution in [0, 0.1) is 15.9 Å². The van der Waals surface area contributed by atoms with Crippen LogP contribution in [0.3, 0.4) is 0 Å². The summed E-state index contributed by atoms with van der Waals surface area (Å²) in [5.41, 5.74) is -0.455. The first-order valence-electron chi connectivity index (χ1n) is 6.09. The zero-order chi connectivity index (χ0) is 14.8. The minimum absolute atomic E-state index is 0.113. The molecule has 0 fully saturated rings. The minimum Gasteiger partial charge on any atom is -0.489 e. The van der Waals surface area contributed by atoms with E-state index in [9.17, 15) is 14.5 Å². The van der Waals surface area contributed by atoms with Crippen LogP contribution >= 0.6 is 0 Å². The van der Waals surface area contributed by atoms with Gasteiger partial charge in [-0.1, -0.05) is 12.1 Å². The summed E-state index contributed by atoms with van der Waals surface area (Å²) in [5, 5.41) is 10.7. The van der Waals surface area contributed by atoms with E-state index in [0.717, 1.165) is 6.07 Å². The van der Waals surface area contributed by atoms with Gasteiger partial charge >= 0.3 is 5.69 Å². The average Bonchev–Trinajstić information content (AvgIpc) is 2.93. The van der Waals surface area contributed by atoms with Crippen molar-refractivity contribution in [3.63, 3.8) is 0 Å². The Balaban J connectivity index is 1.76. The van der Waals surface area contributed by atoms with Gasteiger partial charge in [-0.3, -0.25) is 10.1 Å². The van der Waals surface area contributed by atoms with Crippen molar-refractivity contribution in [3.05, 3.63) is 57.9 Å². The third-order valence-corrected chi connectivity index (χ3v) is 2.99. The van der Waals surface area contributed by atoms with Gasteiger partial charge in [-0.05, 0) is 12.1 Å². The molecule has 2 aromatic rings. The Morgan fingerprint density at radius 2 is 2.05 bits per heavy atom. The molecule has 0 bridgehead atoms. The maximum Gasteiger partial charge on any atom is 0.305 e. The summed E-state index contributed by atoms with van der Waals surface area (Å²) in [4.78, 5) is 9.91. The number of hydrogen-bond acceptors (Lipinski definition) is 5. The van der Waals surface area contributed by atoms with E-state index in [0.29, 0.717) is 17.2 Å². The standard InChI is InChI=1S/C14H10FNO5/c15-14-9(2-1-3-11(14)16(17)18)7-19-10-4-5-12-13(6-10)21-8-20-12/h1-6H,7-8H2. The smallest absolute Gasteiger partial charge is 0.305 e. The van der Waals surface area contributed by atoms with E-state index < -0.39 is 16.4 Å². The van der Waals surface area contributed by atoms with E-state index in [4.69, 9.17) is 14.2 Å². The van der Waals surface area contributed by atoms with Crippen LogP contribution in [0.2, 0.25) is 0 Å². The van der Waals surface area contributed by atoms with E-state index in [1.165, 1.54) is 12.1 Å². The molecular formula is C14H10FNO5. The summed E-state index contributed by atoms with van der Waals surface area (Å²) in [6.07, 6.45) is 0. The van der Waals surface area contributed by atoms with Crippen LogP contribution in [0.15, 0.2) is 36.4 Å². The summed E-state index contributed by atoms with van der Waals surface area (Å²) in [6.45, 7) is 0.0332. The van der Waals surface area contributed by atoms with E-state index in [1.807, 2.05) is 0 Å². The highest BCUT2D eigenvalue weighted by atomic mass is 19.1. The van der Waals surface area contributed by atoms with Crippen molar-refractivity contribution in [2.75, 3.05) is 6.79 Å². The quantitative estimate of drug-likeness (QED) is 0.639. The fourth-order valence-corrected chi connectivity index (χ4v) is 1.95. The number of fused-ring (bicyclic) bond motifs is 1.